The summed E-state index contributed by atoms with van der Waals surface area (Å²) in [6.45, 7) is 0.459. The van der Waals surface area contributed by atoms with Crippen LogP contribution in [0.2, 0.25) is 0 Å². The number of carbonyl (C=O) groups is 1. The number of nitrogens with two attached hydrogens (primary N) is 2. The van der Waals surface area contributed by atoms with Crippen LogP contribution >= 0.6 is 0 Å². The van der Waals surface area contributed by atoms with Crippen molar-refractivity contribution in [1.82, 2.24) is 0 Å². The quantitative estimate of drug-likeness (QED) is 0.610. The average Bonchev–Trinajstić information content (AvgIpc) is 2.60. The van der Waals surface area contributed by atoms with Gasteiger partial charge in [0.15, 0.2) is 5.96 Å². The van der Waals surface area contributed by atoms with E-state index in [-0.39, 0.29) is 34.7 Å². The number of hydrogen-bond acceptors (Lipinski definition) is 4. The first-order chi connectivity index (χ1) is 11.9. The molecule has 0 aliphatic carbocycles. The lowest BCUT2D eigenvalue weighted by Gasteiger charge is -2.28. The Hall–Kier alpha value is -3.07. The van der Waals surface area contributed by atoms with Crippen molar-refractivity contribution in [2.24, 2.45) is 16.5 Å². The summed E-state index contributed by atoms with van der Waals surface area (Å²) >= 11 is 0. The fraction of sp³-hybridized carbons (Fsp3) is 0.125. The maximum atomic E-state index is 12.7. The van der Waals surface area contributed by atoms with Crippen molar-refractivity contribution in [3.63, 3.8) is 0 Å². The van der Waals surface area contributed by atoms with Gasteiger partial charge in [0, 0.05) is 6.07 Å². The topological polar surface area (TPSA) is 128 Å². The molecule has 0 aromatic heterocycles. The Balaban J connectivity index is 2.01. The van der Waals surface area contributed by atoms with Crippen LogP contribution in [0.1, 0.15) is 0 Å². The molecule has 1 heterocycles. The summed E-state index contributed by atoms with van der Waals surface area (Å²) in [5.41, 5.74) is 10.9. The van der Waals surface area contributed by atoms with Crippen molar-refractivity contribution in [3.8, 4) is 5.75 Å². The number of anilines is 1. The Bertz CT molecular complexity index is 938. The van der Waals surface area contributed by atoms with Gasteiger partial charge in [-0.3, -0.25) is 4.90 Å². The van der Waals surface area contributed by atoms with Crippen molar-refractivity contribution < 1.29 is 17.9 Å². The zero-order chi connectivity index (χ0) is 18.0. The second kappa shape index (κ2) is 6.44. The van der Waals surface area contributed by atoms with Crippen LogP contribution in [0.3, 0.4) is 0 Å². The minimum atomic E-state index is -3.68. The zero-order valence-electron chi connectivity index (χ0n) is 13.1. The van der Waals surface area contributed by atoms with Crippen LogP contribution in [0, 0.1) is 0 Å². The van der Waals surface area contributed by atoms with Crippen molar-refractivity contribution in [2.45, 2.75) is 9.79 Å². The number of fused-ring (bicyclic) bond motifs is 1. The Morgan fingerprint density at radius 1 is 1.08 bits per heavy atom. The second-order valence-corrected chi connectivity index (χ2v) is 7.22. The molecule has 2 aromatic rings. The lowest BCUT2D eigenvalue weighted by molar-refractivity contribution is 0.247. The van der Waals surface area contributed by atoms with Gasteiger partial charge in [-0.1, -0.05) is 18.2 Å². The molecule has 2 aromatic carbocycles. The van der Waals surface area contributed by atoms with Crippen LogP contribution in [0.5, 0.6) is 5.75 Å². The number of ether oxygens (including phenoxy) is 1. The van der Waals surface area contributed by atoms with E-state index in [1.165, 1.54) is 35.2 Å². The molecule has 25 heavy (non-hydrogen) atoms. The van der Waals surface area contributed by atoms with Gasteiger partial charge in [-0.25, -0.2) is 13.2 Å². The van der Waals surface area contributed by atoms with Gasteiger partial charge in [0.25, 0.3) is 0 Å². The summed E-state index contributed by atoms with van der Waals surface area (Å²) in [6, 6.07) is 11.8. The molecule has 0 saturated carbocycles. The van der Waals surface area contributed by atoms with Crippen LogP contribution in [0.25, 0.3) is 0 Å². The first-order valence-electron chi connectivity index (χ1n) is 7.38. The number of sulfone groups is 1. The summed E-state index contributed by atoms with van der Waals surface area (Å²) in [5, 5.41) is 0. The minimum absolute atomic E-state index is 0.0774. The van der Waals surface area contributed by atoms with E-state index >= 15 is 0 Å². The van der Waals surface area contributed by atoms with E-state index < -0.39 is 15.9 Å². The number of guanidine groups is 1. The van der Waals surface area contributed by atoms with Gasteiger partial charge in [0.05, 0.1) is 22.0 Å². The highest BCUT2D eigenvalue weighted by molar-refractivity contribution is 7.91. The average molecular weight is 360 g/mol. The van der Waals surface area contributed by atoms with E-state index in [2.05, 4.69) is 4.99 Å². The highest BCUT2D eigenvalue weighted by Gasteiger charge is 2.26. The van der Waals surface area contributed by atoms with E-state index in [0.29, 0.717) is 5.69 Å². The predicted molar refractivity (Wildman–Crippen MR) is 92.4 cm³/mol. The highest BCUT2D eigenvalue weighted by Crippen LogP contribution is 2.35. The molecule has 0 atom stereocenters. The Morgan fingerprint density at radius 3 is 2.48 bits per heavy atom. The van der Waals surface area contributed by atoms with E-state index in [1.807, 2.05) is 0 Å². The van der Waals surface area contributed by atoms with Gasteiger partial charge in [-0.05, 0) is 24.3 Å². The van der Waals surface area contributed by atoms with E-state index in [4.69, 9.17) is 16.2 Å². The van der Waals surface area contributed by atoms with Crippen LogP contribution in [0.15, 0.2) is 63.3 Å². The van der Waals surface area contributed by atoms with Gasteiger partial charge in [-0.15, -0.1) is 0 Å². The molecule has 0 unspecified atom stereocenters. The van der Waals surface area contributed by atoms with E-state index in [0.717, 1.165) is 0 Å². The molecular formula is C16H16N4O4S. The van der Waals surface area contributed by atoms with E-state index in [1.54, 1.807) is 18.2 Å². The third kappa shape index (κ3) is 3.26. The summed E-state index contributed by atoms with van der Waals surface area (Å²) in [7, 11) is -3.68. The first kappa shape index (κ1) is 16.8. The first-order valence-corrected chi connectivity index (χ1v) is 8.86. The molecule has 2 amide bonds. The number of nitrogens with zero attached hydrogens (tertiary/aromatic N) is 2. The van der Waals surface area contributed by atoms with Crippen LogP contribution in [-0.2, 0) is 9.84 Å². The predicted octanol–water partition coefficient (Wildman–Crippen LogP) is 1.11. The molecule has 0 spiro atoms. The summed E-state index contributed by atoms with van der Waals surface area (Å²) in [6.07, 6.45) is 0. The molecular weight excluding hydrogens is 344 g/mol. The largest absolute Gasteiger partial charge is 0.489 e. The fourth-order valence-electron chi connectivity index (χ4n) is 2.47. The molecule has 3 rings (SSSR count). The normalized spacial score (nSPS) is 13.5. The molecule has 130 valence electrons. The zero-order valence-corrected chi connectivity index (χ0v) is 13.9. The maximum absolute atomic E-state index is 12.7. The monoisotopic (exact) mass is 360 g/mol. The number of benzene rings is 2. The number of urea groups is 1. The molecule has 4 N–H and O–H groups in total. The Kier molecular flexibility index (Phi) is 4.32. The van der Waals surface area contributed by atoms with Gasteiger partial charge in [-0.2, -0.15) is 4.99 Å². The molecule has 0 saturated heterocycles. The standard InChI is InChI=1S/C16H16N4O4S/c17-15(18)19-16(21)20-8-9-24-14-10-12(6-7-13(14)20)25(22,23)11-4-2-1-3-5-11/h1-7,10H,8-9H2,(H4,17,18,19,21). The third-order valence-corrected chi connectivity index (χ3v) is 5.38. The number of hydrogen-bond donors (Lipinski definition) is 2. The molecule has 9 heteroatoms. The van der Waals surface area contributed by atoms with Gasteiger partial charge in [0.2, 0.25) is 9.84 Å². The highest BCUT2D eigenvalue weighted by atomic mass is 32.2. The van der Waals surface area contributed by atoms with Crippen LogP contribution < -0.4 is 21.1 Å². The maximum Gasteiger partial charge on any atom is 0.351 e. The third-order valence-electron chi connectivity index (χ3n) is 3.61. The van der Waals surface area contributed by atoms with Gasteiger partial charge < -0.3 is 16.2 Å². The summed E-state index contributed by atoms with van der Waals surface area (Å²) < 4.78 is 30.9. The minimum Gasteiger partial charge on any atom is -0.489 e. The van der Waals surface area contributed by atoms with Crippen LogP contribution in [0.4, 0.5) is 10.5 Å². The van der Waals surface area contributed by atoms with Crippen LogP contribution in [-0.4, -0.2) is 33.6 Å². The van der Waals surface area contributed by atoms with E-state index in [9.17, 15) is 13.2 Å². The second-order valence-electron chi connectivity index (χ2n) is 5.27. The molecule has 0 fully saturated rings. The smallest absolute Gasteiger partial charge is 0.351 e. The molecule has 8 nitrogen and oxygen atoms in total. The lowest BCUT2D eigenvalue weighted by Crippen LogP contribution is -2.38. The van der Waals surface area contributed by atoms with Gasteiger partial charge >= 0.3 is 6.03 Å². The fourth-order valence-corrected chi connectivity index (χ4v) is 3.77. The summed E-state index contributed by atoms with van der Waals surface area (Å²) in [4.78, 5) is 17.2. The lowest BCUT2D eigenvalue weighted by atomic mass is 10.2. The number of carbonyl (C=O) groups excluding carboxylic acids is 1. The Labute approximate surface area is 144 Å². The van der Waals surface area contributed by atoms with Crippen molar-refractivity contribution in [2.75, 3.05) is 18.1 Å². The number of amides is 2. The van der Waals surface area contributed by atoms with Crippen molar-refractivity contribution >= 4 is 27.5 Å². The van der Waals surface area contributed by atoms with Crippen molar-refractivity contribution in [1.29, 1.82) is 0 Å². The molecule has 0 bridgehead atoms. The molecule has 0 radical (unpaired) electrons. The SMILES string of the molecule is NC(N)=NC(=O)N1CCOc2cc(S(=O)(=O)c3ccccc3)ccc21. The number of aliphatic imine (C=N–C) groups is 1. The number of rotatable bonds is 2. The van der Waals surface area contributed by atoms with Crippen molar-refractivity contribution in [3.05, 3.63) is 48.5 Å². The molecule has 1 aliphatic heterocycles. The summed E-state index contributed by atoms with van der Waals surface area (Å²) in [5.74, 6) is -0.0660. The van der Waals surface area contributed by atoms with Gasteiger partial charge in [0.1, 0.15) is 12.4 Å². The molecule has 1 aliphatic rings. The Morgan fingerprint density at radius 2 is 1.80 bits per heavy atom.